The lowest BCUT2D eigenvalue weighted by Gasteiger charge is -2.09. The number of halogens is 1. The van der Waals surface area contributed by atoms with Crippen LogP contribution in [-0.4, -0.2) is 18.5 Å². The maximum Gasteiger partial charge on any atom is 0.319 e. The number of nitrogens with one attached hydrogen (secondary N) is 3. The molecule has 6 heteroatoms. The number of carbonyl (C=O) groups is 2. The maximum absolute atomic E-state index is 13.1. The number of hydrogen-bond acceptors (Lipinski definition) is 2. The molecule has 0 heterocycles. The van der Waals surface area contributed by atoms with Crippen molar-refractivity contribution in [3.05, 3.63) is 78.1 Å². The molecule has 0 atom stereocenters. The van der Waals surface area contributed by atoms with Gasteiger partial charge in [0.05, 0.1) is 0 Å². The van der Waals surface area contributed by atoms with E-state index in [4.69, 9.17) is 0 Å². The Morgan fingerprint density at radius 2 is 1.83 bits per heavy atom. The summed E-state index contributed by atoms with van der Waals surface area (Å²) in [6.45, 7) is 4.13. The average Bonchev–Trinajstić information content (AvgIpc) is 2.58. The summed E-state index contributed by atoms with van der Waals surface area (Å²) in [5.74, 6) is -0.558. The van der Waals surface area contributed by atoms with E-state index in [0.717, 1.165) is 0 Å². The zero-order valence-electron chi connectivity index (χ0n) is 13.0. The Kier molecular flexibility index (Phi) is 6.08. The molecule has 2 aromatic carbocycles. The van der Waals surface area contributed by atoms with Crippen LogP contribution in [0.2, 0.25) is 0 Å². The van der Waals surface area contributed by atoms with Crippen LogP contribution in [0.15, 0.2) is 61.2 Å². The van der Waals surface area contributed by atoms with Gasteiger partial charge in [-0.25, -0.2) is 9.18 Å². The second-order valence-corrected chi connectivity index (χ2v) is 5.01. The van der Waals surface area contributed by atoms with Gasteiger partial charge < -0.3 is 16.0 Å². The minimum absolute atomic E-state index is 0.211. The highest BCUT2D eigenvalue weighted by molar-refractivity contribution is 5.95. The topological polar surface area (TPSA) is 70.2 Å². The van der Waals surface area contributed by atoms with Gasteiger partial charge in [-0.2, -0.15) is 0 Å². The highest BCUT2D eigenvalue weighted by Crippen LogP contribution is 2.10. The molecule has 0 saturated carbocycles. The monoisotopic (exact) mass is 327 g/mol. The van der Waals surface area contributed by atoms with Crippen molar-refractivity contribution >= 4 is 17.6 Å². The number of benzene rings is 2. The van der Waals surface area contributed by atoms with Crippen LogP contribution < -0.4 is 16.0 Å². The van der Waals surface area contributed by atoms with Gasteiger partial charge >= 0.3 is 6.03 Å². The Bertz CT molecular complexity index is 729. The first-order valence-corrected chi connectivity index (χ1v) is 7.37. The van der Waals surface area contributed by atoms with E-state index in [1.165, 1.54) is 12.1 Å². The number of hydrogen-bond donors (Lipinski definition) is 3. The molecule has 3 N–H and O–H groups in total. The van der Waals surface area contributed by atoms with E-state index in [9.17, 15) is 14.0 Å². The van der Waals surface area contributed by atoms with Crippen LogP contribution in [0.4, 0.5) is 14.9 Å². The van der Waals surface area contributed by atoms with Crippen LogP contribution in [0.1, 0.15) is 15.9 Å². The third kappa shape index (κ3) is 5.24. The Hall–Kier alpha value is -3.15. The van der Waals surface area contributed by atoms with E-state index >= 15 is 0 Å². The van der Waals surface area contributed by atoms with Crippen LogP contribution in [0.5, 0.6) is 0 Å². The molecule has 0 saturated heterocycles. The second kappa shape index (κ2) is 8.47. The lowest BCUT2D eigenvalue weighted by molar-refractivity contribution is 0.0958. The van der Waals surface area contributed by atoms with Gasteiger partial charge in [0.1, 0.15) is 5.82 Å². The van der Waals surface area contributed by atoms with E-state index < -0.39 is 6.03 Å². The van der Waals surface area contributed by atoms with E-state index in [2.05, 4.69) is 22.5 Å². The molecule has 0 aromatic heterocycles. The van der Waals surface area contributed by atoms with Crippen LogP contribution in [0.3, 0.4) is 0 Å². The van der Waals surface area contributed by atoms with Crippen molar-refractivity contribution in [2.75, 3.05) is 11.9 Å². The normalized spacial score (nSPS) is 9.88. The molecule has 0 fully saturated rings. The number of anilines is 1. The molecule has 0 aliphatic carbocycles. The van der Waals surface area contributed by atoms with Gasteiger partial charge in [0, 0.05) is 24.3 Å². The van der Waals surface area contributed by atoms with Gasteiger partial charge in [0.2, 0.25) is 0 Å². The molecule has 0 radical (unpaired) electrons. The summed E-state index contributed by atoms with van der Waals surface area (Å²) >= 11 is 0. The standard InChI is InChI=1S/C18H18FN3O2/c1-2-10-20-17(23)14-6-8-16(9-7-14)22-18(24)21-12-13-4-3-5-15(19)11-13/h2-9,11H,1,10,12H2,(H,20,23)(H2,21,22,24). The average molecular weight is 327 g/mol. The molecule has 0 aliphatic rings. The summed E-state index contributed by atoms with van der Waals surface area (Å²) in [6.07, 6.45) is 1.59. The Morgan fingerprint density at radius 1 is 1.08 bits per heavy atom. The largest absolute Gasteiger partial charge is 0.349 e. The van der Waals surface area contributed by atoms with E-state index in [1.807, 2.05) is 0 Å². The van der Waals surface area contributed by atoms with Crippen LogP contribution in [-0.2, 0) is 6.54 Å². The van der Waals surface area contributed by atoms with E-state index in [-0.39, 0.29) is 18.3 Å². The molecule has 2 aromatic rings. The minimum atomic E-state index is -0.414. The van der Waals surface area contributed by atoms with Crippen molar-refractivity contribution in [3.63, 3.8) is 0 Å². The molecule has 0 bridgehead atoms. The second-order valence-electron chi connectivity index (χ2n) is 5.01. The van der Waals surface area contributed by atoms with Crippen molar-refractivity contribution in [2.24, 2.45) is 0 Å². The first-order valence-electron chi connectivity index (χ1n) is 7.37. The first-order chi connectivity index (χ1) is 11.6. The number of amides is 3. The van der Waals surface area contributed by atoms with Gasteiger partial charge in [0.15, 0.2) is 0 Å². The SMILES string of the molecule is C=CCNC(=O)c1ccc(NC(=O)NCc2cccc(F)c2)cc1. The van der Waals surface area contributed by atoms with Crippen molar-refractivity contribution < 1.29 is 14.0 Å². The molecule has 124 valence electrons. The van der Waals surface area contributed by atoms with Crippen molar-refractivity contribution in [2.45, 2.75) is 6.54 Å². The van der Waals surface area contributed by atoms with Gasteiger partial charge in [-0.05, 0) is 42.0 Å². The third-order valence-corrected chi connectivity index (χ3v) is 3.15. The fourth-order valence-corrected chi connectivity index (χ4v) is 1.98. The fraction of sp³-hybridized carbons (Fsp3) is 0.111. The molecule has 2 rings (SSSR count). The molecule has 0 aliphatic heterocycles. The van der Waals surface area contributed by atoms with Crippen molar-refractivity contribution in [1.82, 2.24) is 10.6 Å². The zero-order chi connectivity index (χ0) is 17.4. The van der Waals surface area contributed by atoms with Gasteiger partial charge in [-0.1, -0.05) is 18.2 Å². The maximum atomic E-state index is 13.1. The Balaban J connectivity index is 1.85. The Morgan fingerprint density at radius 3 is 2.50 bits per heavy atom. The fourth-order valence-electron chi connectivity index (χ4n) is 1.98. The lowest BCUT2D eigenvalue weighted by Crippen LogP contribution is -2.28. The smallest absolute Gasteiger partial charge is 0.319 e. The van der Waals surface area contributed by atoms with Gasteiger partial charge in [0.25, 0.3) is 5.91 Å². The lowest BCUT2D eigenvalue weighted by atomic mass is 10.2. The summed E-state index contributed by atoms with van der Waals surface area (Å²) in [4.78, 5) is 23.6. The highest BCUT2D eigenvalue weighted by Gasteiger charge is 2.06. The summed E-state index contributed by atoms with van der Waals surface area (Å²) in [6, 6.07) is 12.1. The number of carbonyl (C=O) groups excluding carboxylic acids is 2. The number of rotatable bonds is 6. The number of urea groups is 1. The molecular weight excluding hydrogens is 309 g/mol. The molecule has 0 spiro atoms. The Labute approximate surface area is 139 Å². The van der Waals surface area contributed by atoms with Crippen molar-refractivity contribution in [1.29, 1.82) is 0 Å². The highest BCUT2D eigenvalue weighted by atomic mass is 19.1. The summed E-state index contributed by atoms with van der Waals surface area (Å²) in [7, 11) is 0. The molecule has 3 amide bonds. The summed E-state index contributed by atoms with van der Waals surface area (Å²) in [5.41, 5.74) is 1.70. The summed E-state index contributed by atoms with van der Waals surface area (Å²) < 4.78 is 13.1. The van der Waals surface area contributed by atoms with Crippen LogP contribution in [0, 0.1) is 5.82 Å². The molecule has 0 unspecified atom stereocenters. The quantitative estimate of drug-likeness (QED) is 0.714. The van der Waals surface area contributed by atoms with Gasteiger partial charge in [-0.3, -0.25) is 4.79 Å². The molecular formula is C18H18FN3O2. The van der Waals surface area contributed by atoms with E-state index in [1.54, 1.807) is 42.5 Å². The van der Waals surface area contributed by atoms with Crippen molar-refractivity contribution in [3.8, 4) is 0 Å². The summed E-state index contributed by atoms with van der Waals surface area (Å²) in [5, 5.41) is 7.94. The van der Waals surface area contributed by atoms with Gasteiger partial charge in [-0.15, -0.1) is 6.58 Å². The minimum Gasteiger partial charge on any atom is -0.349 e. The third-order valence-electron chi connectivity index (χ3n) is 3.15. The predicted octanol–water partition coefficient (Wildman–Crippen LogP) is 3.06. The van der Waals surface area contributed by atoms with Crippen LogP contribution in [0.25, 0.3) is 0 Å². The van der Waals surface area contributed by atoms with E-state index in [0.29, 0.717) is 23.4 Å². The first kappa shape index (κ1) is 17.2. The molecule has 24 heavy (non-hydrogen) atoms. The molecule has 5 nitrogen and oxygen atoms in total. The predicted molar refractivity (Wildman–Crippen MR) is 91.2 cm³/mol. The zero-order valence-corrected chi connectivity index (χ0v) is 13.0. The van der Waals surface area contributed by atoms with Crippen LogP contribution >= 0.6 is 0 Å².